The van der Waals surface area contributed by atoms with Gasteiger partial charge in [0.1, 0.15) is 0 Å². The van der Waals surface area contributed by atoms with Crippen LogP contribution in [-0.2, 0) is 9.53 Å². The molecule has 0 unspecified atom stereocenters. The highest BCUT2D eigenvalue weighted by atomic mass is 35.5. The van der Waals surface area contributed by atoms with Crippen LogP contribution in [-0.4, -0.2) is 36.8 Å². The summed E-state index contributed by atoms with van der Waals surface area (Å²) in [6.45, 7) is 1.24. The zero-order valence-corrected chi connectivity index (χ0v) is 10.7. The number of halogens is 1. The monoisotopic (exact) mass is 270 g/mol. The molecule has 1 fully saturated rings. The number of nitrogens with one attached hydrogen (secondary N) is 1. The van der Waals surface area contributed by atoms with Crippen molar-refractivity contribution >= 4 is 17.5 Å². The minimum atomic E-state index is -0.189. The third-order valence-electron chi connectivity index (χ3n) is 2.63. The van der Waals surface area contributed by atoms with Crippen molar-refractivity contribution < 1.29 is 14.3 Å². The minimum absolute atomic E-state index is 0.0713. The van der Waals surface area contributed by atoms with E-state index in [1.165, 1.54) is 0 Å². The number of aromatic nitrogens is 1. The largest absolute Gasteiger partial charge is 0.481 e. The van der Waals surface area contributed by atoms with Crippen molar-refractivity contribution in [1.82, 2.24) is 10.3 Å². The summed E-state index contributed by atoms with van der Waals surface area (Å²) in [6.07, 6.45) is 3.75. The van der Waals surface area contributed by atoms with Gasteiger partial charge < -0.3 is 14.8 Å². The highest BCUT2D eigenvalue weighted by molar-refractivity contribution is 6.30. The molecule has 0 spiro atoms. The normalized spacial score (nSPS) is 18.6. The van der Waals surface area contributed by atoms with E-state index in [0.29, 0.717) is 12.3 Å². The fraction of sp³-hybridized carbons (Fsp3) is 0.500. The molecule has 1 amide bonds. The number of carbonyl (C=O) groups is 1. The van der Waals surface area contributed by atoms with Gasteiger partial charge >= 0.3 is 0 Å². The van der Waals surface area contributed by atoms with Crippen molar-refractivity contribution in [2.75, 3.05) is 19.8 Å². The molecule has 2 rings (SSSR count). The van der Waals surface area contributed by atoms with Crippen molar-refractivity contribution in [3.63, 3.8) is 0 Å². The second-order valence-corrected chi connectivity index (χ2v) is 4.38. The summed E-state index contributed by atoms with van der Waals surface area (Å²) in [5, 5.41) is 3.02. The molecule has 98 valence electrons. The number of hydrogen-bond donors (Lipinski definition) is 1. The van der Waals surface area contributed by atoms with E-state index in [1.807, 2.05) is 0 Å². The summed E-state index contributed by atoms with van der Waals surface area (Å²) in [6, 6.07) is 3.37. The van der Waals surface area contributed by atoms with Crippen LogP contribution in [0.15, 0.2) is 18.3 Å². The summed E-state index contributed by atoms with van der Waals surface area (Å²) >= 11 is 5.80. The van der Waals surface area contributed by atoms with Crippen molar-refractivity contribution in [1.29, 1.82) is 0 Å². The van der Waals surface area contributed by atoms with Gasteiger partial charge in [-0.1, -0.05) is 11.6 Å². The molecular formula is C12H15ClN2O3. The van der Waals surface area contributed by atoms with Crippen LogP contribution >= 0.6 is 11.6 Å². The van der Waals surface area contributed by atoms with E-state index in [4.69, 9.17) is 21.1 Å². The van der Waals surface area contributed by atoms with Crippen LogP contribution in [0, 0.1) is 0 Å². The van der Waals surface area contributed by atoms with E-state index in [0.717, 1.165) is 19.4 Å². The molecule has 1 aromatic rings. The van der Waals surface area contributed by atoms with E-state index >= 15 is 0 Å². The van der Waals surface area contributed by atoms with E-state index in [2.05, 4.69) is 10.3 Å². The number of rotatable bonds is 5. The van der Waals surface area contributed by atoms with Crippen LogP contribution in [0.4, 0.5) is 0 Å². The third kappa shape index (κ3) is 3.85. The van der Waals surface area contributed by atoms with Crippen LogP contribution in [0.2, 0.25) is 5.15 Å². The number of amides is 1. The molecule has 2 heterocycles. The third-order valence-corrected chi connectivity index (χ3v) is 2.92. The second-order valence-electron chi connectivity index (χ2n) is 4.02. The van der Waals surface area contributed by atoms with E-state index in [1.54, 1.807) is 18.3 Å². The molecule has 1 N–H and O–H groups in total. The molecule has 0 aromatic carbocycles. The summed E-state index contributed by atoms with van der Waals surface area (Å²) < 4.78 is 10.7. The molecule has 18 heavy (non-hydrogen) atoms. The van der Waals surface area contributed by atoms with Crippen LogP contribution in [0.3, 0.4) is 0 Å². The van der Waals surface area contributed by atoms with Crippen LogP contribution < -0.4 is 10.1 Å². The lowest BCUT2D eigenvalue weighted by atomic mass is 10.2. The van der Waals surface area contributed by atoms with Gasteiger partial charge in [0, 0.05) is 19.3 Å². The Kier molecular flexibility index (Phi) is 4.78. The van der Waals surface area contributed by atoms with Crippen molar-refractivity contribution in [3.8, 4) is 5.75 Å². The predicted molar refractivity (Wildman–Crippen MR) is 66.7 cm³/mol. The molecule has 6 heteroatoms. The van der Waals surface area contributed by atoms with Gasteiger partial charge in [-0.05, 0) is 25.0 Å². The van der Waals surface area contributed by atoms with Gasteiger partial charge in [0.15, 0.2) is 17.5 Å². The van der Waals surface area contributed by atoms with Gasteiger partial charge in [0.25, 0.3) is 5.91 Å². The fourth-order valence-electron chi connectivity index (χ4n) is 1.71. The molecule has 1 aliphatic heterocycles. The number of hydrogen-bond acceptors (Lipinski definition) is 4. The van der Waals surface area contributed by atoms with E-state index in [9.17, 15) is 4.79 Å². The van der Waals surface area contributed by atoms with Gasteiger partial charge in [-0.15, -0.1) is 0 Å². The fourth-order valence-corrected chi connectivity index (χ4v) is 1.88. The molecular weight excluding hydrogens is 256 g/mol. The maximum atomic E-state index is 11.5. The Bertz CT molecular complexity index is 408. The number of carbonyl (C=O) groups excluding carboxylic acids is 1. The summed E-state index contributed by atoms with van der Waals surface area (Å²) in [5.74, 6) is 0.219. The molecule has 5 nitrogen and oxygen atoms in total. The quantitative estimate of drug-likeness (QED) is 0.822. The Balaban J connectivity index is 1.69. The first-order chi connectivity index (χ1) is 8.75. The first kappa shape index (κ1) is 13.1. The highest BCUT2D eigenvalue weighted by Crippen LogP contribution is 2.19. The Morgan fingerprint density at radius 3 is 3.28 bits per heavy atom. The van der Waals surface area contributed by atoms with Gasteiger partial charge in [0.05, 0.1) is 6.10 Å². The maximum Gasteiger partial charge on any atom is 0.258 e. The van der Waals surface area contributed by atoms with Crippen molar-refractivity contribution in [3.05, 3.63) is 23.5 Å². The molecule has 0 bridgehead atoms. The Labute approximate surface area is 110 Å². The van der Waals surface area contributed by atoms with Crippen molar-refractivity contribution in [2.45, 2.75) is 18.9 Å². The van der Waals surface area contributed by atoms with Gasteiger partial charge in [-0.2, -0.15) is 0 Å². The van der Waals surface area contributed by atoms with Gasteiger partial charge in [0.2, 0.25) is 0 Å². The van der Waals surface area contributed by atoms with Crippen LogP contribution in [0.25, 0.3) is 0 Å². The molecule has 1 atom stereocenters. The van der Waals surface area contributed by atoms with Crippen LogP contribution in [0.1, 0.15) is 12.8 Å². The Morgan fingerprint density at radius 1 is 1.67 bits per heavy atom. The number of nitrogens with zero attached hydrogens (tertiary/aromatic N) is 1. The highest BCUT2D eigenvalue weighted by Gasteiger charge is 2.16. The average Bonchev–Trinajstić information content (AvgIpc) is 2.88. The Morgan fingerprint density at radius 2 is 2.56 bits per heavy atom. The standard InChI is InChI=1S/C12H15ClN2O3/c13-12-10(4-1-5-14-12)18-8-11(16)15-7-9-3-2-6-17-9/h1,4-5,9H,2-3,6-8H2,(H,15,16)/t9-/m0/s1. The lowest BCUT2D eigenvalue weighted by Gasteiger charge is -2.11. The topological polar surface area (TPSA) is 60.5 Å². The maximum absolute atomic E-state index is 11.5. The van der Waals surface area contributed by atoms with Gasteiger partial charge in [-0.25, -0.2) is 4.98 Å². The van der Waals surface area contributed by atoms with Crippen LogP contribution in [0.5, 0.6) is 5.75 Å². The first-order valence-electron chi connectivity index (χ1n) is 5.87. The molecule has 1 aliphatic rings. The lowest BCUT2D eigenvalue weighted by Crippen LogP contribution is -2.35. The number of ether oxygens (including phenoxy) is 2. The SMILES string of the molecule is O=C(COc1cccnc1Cl)NC[C@@H]1CCCO1. The molecule has 0 radical (unpaired) electrons. The molecule has 0 aliphatic carbocycles. The summed E-state index contributed by atoms with van der Waals surface area (Å²) in [7, 11) is 0. The summed E-state index contributed by atoms with van der Waals surface area (Å²) in [5.41, 5.74) is 0. The summed E-state index contributed by atoms with van der Waals surface area (Å²) in [4.78, 5) is 15.4. The zero-order chi connectivity index (χ0) is 12.8. The smallest absolute Gasteiger partial charge is 0.258 e. The average molecular weight is 271 g/mol. The minimum Gasteiger partial charge on any atom is -0.481 e. The van der Waals surface area contributed by atoms with E-state index < -0.39 is 0 Å². The zero-order valence-electron chi connectivity index (χ0n) is 9.89. The second kappa shape index (κ2) is 6.56. The molecule has 1 saturated heterocycles. The van der Waals surface area contributed by atoms with Crippen molar-refractivity contribution in [2.24, 2.45) is 0 Å². The molecule has 0 saturated carbocycles. The van der Waals surface area contributed by atoms with Gasteiger partial charge in [-0.3, -0.25) is 4.79 Å². The van der Waals surface area contributed by atoms with E-state index in [-0.39, 0.29) is 23.8 Å². The number of pyridine rings is 1. The first-order valence-corrected chi connectivity index (χ1v) is 6.25. The Hall–Kier alpha value is -1.33. The molecule has 1 aromatic heterocycles. The predicted octanol–water partition coefficient (Wildman–Crippen LogP) is 1.41. The lowest BCUT2D eigenvalue weighted by molar-refractivity contribution is -0.123.